The minimum absolute atomic E-state index is 0.125. The third-order valence-electron chi connectivity index (χ3n) is 10.2. The molecule has 0 aliphatic heterocycles. The Morgan fingerprint density at radius 2 is 1.04 bits per heavy atom. The van der Waals surface area contributed by atoms with Crippen LogP contribution in [0.25, 0.3) is 0 Å². The van der Waals surface area contributed by atoms with Gasteiger partial charge >= 0.3 is 11.9 Å². The molecule has 0 aliphatic carbocycles. The molecule has 0 spiro atoms. The molecule has 0 aromatic carbocycles. The Labute approximate surface area is 336 Å². The summed E-state index contributed by atoms with van der Waals surface area (Å²) < 4.78 is 5.88. The van der Waals surface area contributed by atoms with Gasteiger partial charge in [-0.1, -0.05) is 186 Å². The highest BCUT2D eigenvalue weighted by molar-refractivity contribution is 5.87. The number of carbonyl (C=O) groups is 4. The molecule has 0 fully saturated rings. The molecule has 0 heterocycles. The molecule has 0 bridgehead atoms. The smallest absolute Gasteiger partial charge is 0.328 e. The van der Waals surface area contributed by atoms with Crippen molar-refractivity contribution in [1.29, 1.82) is 0 Å². The van der Waals surface area contributed by atoms with Crippen molar-refractivity contribution in [3.8, 4) is 0 Å². The fourth-order valence-corrected chi connectivity index (χ4v) is 6.65. The zero-order valence-electron chi connectivity index (χ0n) is 35.4. The van der Waals surface area contributed by atoms with Crippen LogP contribution in [0, 0.1) is 0 Å². The van der Waals surface area contributed by atoms with Gasteiger partial charge in [-0.3, -0.25) is 14.4 Å². The van der Waals surface area contributed by atoms with Gasteiger partial charge in [0, 0.05) is 12.8 Å². The van der Waals surface area contributed by atoms with Crippen molar-refractivity contribution in [2.45, 2.75) is 231 Å². The van der Waals surface area contributed by atoms with Crippen molar-refractivity contribution in [1.82, 2.24) is 10.6 Å². The molecule has 9 heteroatoms. The number of hydrogen-bond donors (Lipinski definition) is 4. The van der Waals surface area contributed by atoms with E-state index in [-0.39, 0.29) is 30.9 Å². The maximum Gasteiger partial charge on any atom is 0.328 e. The number of amides is 2. The molecule has 0 saturated heterocycles. The summed E-state index contributed by atoms with van der Waals surface area (Å²) in [5.74, 6) is -2.41. The zero-order valence-corrected chi connectivity index (χ0v) is 35.4. The van der Waals surface area contributed by atoms with Gasteiger partial charge in [0.15, 0.2) is 0 Å². The molecule has 9 nitrogen and oxygen atoms in total. The number of carboxylic acid groups (broad SMARTS) is 1. The van der Waals surface area contributed by atoms with Crippen molar-refractivity contribution in [2.24, 2.45) is 0 Å². The summed E-state index contributed by atoms with van der Waals surface area (Å²) in [6.07, 6.45) is 45.3. The number of esters is 1. The van der Waals surface area contributed by atoms with Gasteiger partial charge in [-0.15, -0.1) is 0 Å². The Bertz CT molecular complexity index is 983. The van der Waals surface area contributed by atoms with Crippen LogP contribution in [0.2, 0.25) is 0 Å². The predicted octanol–water partition coefficient (Wildman–Crippen LogP) is 11.2. The molecule has 0 aromatic rings. The van der Waals surface area contributed by atoms with Gasteiger partial charge in [-0.25, -0.2) is 4.79 Å². The second kappa shape index (κ2) is 41.0. The highest BCUT2D eigenvalue weighted by Gasteiger charge is 2.18. The van der Waals surface area contributed by atoms with Crippen LogP contribution in [0.3, 0.4) is 0 Å². The fraction of sp³-hybridized carbons (Fsp3) is 0.826. The number of nitrogens with one attached hydrogen (secondary N) is 2. The van der Waals surface area contributed by atoms with E-state index in [2.05, 4.69) is 42.7 Å². The molecule has 0 aromatic heterocycles. The third-order valence-corrected chi connectivity index (χ3v) is 10.2. The Hall–Kier alpha value is -2.68. The first-order valence-corrected chi connectivity index (χ1v) is 22.7. The number of carboxylic acids is 1. The summed E-state index contributed by atoms with van der Waals surface area (Å²) in [5.41, 5.74) is 0. The Morgan fingerprint density at radius 1 is 0.564 bits per heavy atom. The van der Waals surface area contributed by atoms with Gasteiger partial charge in [0.1, 0.15) is 12.1 Å². The molecule has 2 unspecified atom stereocenters. The quantitative estimate of drug-likeness (QED) is 0.0275. The molecule has 55 heavy (non-hydrogen) atoms. The monoisotopic (exact) mass is 777 g/mol. The van der Waals surface area contributed by atoms with Crippen LogP contribution in [0.5, 0.6) is 0 Å². The molecular weight excluding hydrogens is 693 g/mol. The lowest BCUT2D eigenvalue weighted by Gasteiger charge is -2.15. The second-order valence-corrected chi connectivity index (χ2v) is 15.5. The average molecular weight is 777 g/mol. The average Bonchev–Trinajstić information content (AvgIpc) is 3.17. The lowest BCUT2D eigenvalue weighted by Crippen LogP contribution is -2.47. The molecule has 0 saturated carbocycles. The maximum absolute atomic E-state index is 12.7. The maximum atomic E-state index is 12.7. The van der Waals surface area contributed by atoms with E-state index in [9.17, 15) is 19.2 Å². The Balaban J connectivity index is 4.08. The molecule has 320 valence electrons. The van der Waals surface area contributed by atoms with E-state index in [1.807, 2.05) is 6.08 Å². The van der Waals surface area contributed by atoms with Crippen LogP contribution < -0.4 is 10.6 Å². The summed E-state index contributed by atoms with van der Waals surface area (Å²) in [7, 11) is 0. The van der Waals surface area contributed by atoms with Gasteiger partial charge in [-0.2, -0.15) is 0 Å². The molecule has 2 atom stereocenters. The second-order valence-electron chi connectivity index (χ2n) is 15.5. The van der Waals surface area contributed by atoms with Crippen molar-refractivity contribution in [3.63, 3.8) is 0 Å². The lowest BCUT2D eigenvalue weighted by atomic mass is 10.0. The van der Waals surface area contributed by atoms with E-state index in [0.717, 1.165) is 51.4 Å². The zero-order chi connectivity index (χ0) is 40.5. The van der Waals surface area contributed by atoms with Crippen molar-refractivity contribution < 1.29 is 34.1 Å². The van der Waals surface area contributed by atoms with E-state index in [1.165, 1.54) is 135 Å². The number of aliphatic carboxylic acids is 1. The van der Waals surface area contributed by atoms with Crippen LogP contribution >= 0.6 is 0 Å². The number of rotatable bonds is 41. The minimum Gasteiger partial charge on any atom is -0.480 e. The van der Waals surface area contributed by atoms with E-state index >= 15 is 0 Å². The Kier molecular flexibility index (Phi) is 39.0. The first kappa shape index (κ1) is 52.3. The topological polar surface area (TPSA) is 142 Å². The summed E-state index contributed by atoms with van der Waals surface area (Å²) >= 11 is 0. The number of carbonyl (C=O) groups excluding carboxylic acids is 3. The first-order valence-electron chi connectivity index (χ1n) is 22.7. The minimum atomic E-state index is -1.39. The summed E-state index contributed by atoms with van der Waals surface area (Å²) in [5, 5.41) is 22.5. The summed E-state index contributed by atoms with van der Waals surface area (Å²) in [6.45, 7) is 3.41. The van der Waals surface area contributed by atoms with Crippen LogP contribution in [-0.2, 0) is 23.9 Å². The largest absolute Gasteiger partial charge is 0.480 e. The van der Waals surface area contributed by atoms with Crippen LogP contribution in [0.4, 0.5) is 0 Å². The molecular formula is C46H84N2O7. The van der Waals surface area contributed by atoms with Gasteiger partial charge in [0.05, 0.1) is 13.2 Å². The van der Waals surface area contributed by atoms with E-state index < -0.39 is 24.5 Å². The summed E-state index contributed by atoms with van der Waals surface area (Å²) in [6, 6.07) is -1.39. The standard InChI is InChI=1S/C46H84N2O7/c1-3-5-7-9-11-12-13-14-15-16-17-18-19-20-21-22-23-24-26-28-34-38-45(52)55-41(35-31-27-25-10-8-6-4-2)36-32-29-30-33-37-43(50)47-39-44(51)48-42(40-49)46(53)54/h10,25,31,35,41-42,49H,3-9,11-24,26-30,32-34,36-40H2,1-2H3,(H,47,50)(H,48,51)(H,53,54)/b25-10-,35-31-. The van der Waals surface area contributed by atoms with E-state index in [4.69, 9.17) is 14.9 Å². The number of ether oxygens (including phenoxy) is 1. The number of allylic oxidation sites excluding steroid dienone is 3. The van der Waals surface area contributed by atoms with Gasteiger partial charge in [0.25, 0.3) is 0 Å². The van der Waals surface area contributed by atoms with Gasteiger partial charge in [0.2, 0.25) is 11.8 Å². The van der Waals surface area contributed by atoms with Crippen molar-refractivity contribution in [2.75, 3.05) is 13.2 Å². The SMILES string of the molecule is CCCC/C=C\C/C=C\C(CCCCCCC(=O)NCC(=O)NC(CO)C(=O)O)OC(=O)CCCCCCCCCCCCCCCCCCCCCCC. The first-order chi connectivity index (χ1) is 26.8. The number of unbranched alkanes of at least 4 members (excludes halogenated alkanes) is 25. The molecule has 2 amide bonds. The van der Waals surface area contributed by atoms with Crippen LogP contribution in [-0.4, -0.2) is 59.3 Å². The Morgan fingerprint density at radius 3 is 1.53 bits per heavy atom. The fourth-order valence-electron chi connectivity index (χ4n) is 6.65. The number of aliphatic hydroxyl groups excluding tert-OH is 1. The normalized spacial score (nSPS) is 12.6. The molecule has 0 rings (SSSR count). The molecule has 0 radical (unpaired) electrons. The predicted molar refractivity (Wildman–Crippen MR) is 227 cm³/mol. The molecule has 4 N–H and O–H groups in total. The van der Waals surface area contributed by atoms with E-state index in [1.54, 1.807) is 0 Å². The van der Waals surface area contributed by atoms with Gasteiger partial charge < -0.3 is 25.6 Å². The third kappa shape index (κ3) is 38.0. The summed E-state index contributed by atoms with van der Waals surface area (Å²) in [4.78, 5) is 47.5. The number of hydrogen-bond acceptors (Lipinski definition) is 6. The van der Waals surface area contributed by atoms with E-state index in [0.29, 0.717) is 12.8 Å². The van der Waals surface area contributed by atoms with Crippen molar-refractivity contribution >= 4 is 23.8 Å². The lowest BCUT2D eigenvalue weighted by molar-refractivity contribution is -0.147. The highest BCUT2D eigenvalue weighted by atomic mass is 16.5. The highest BCUT2D eigenvalue weighted by Crippen LogP contribution is 2.17. The van der Waals surface area contributed by atoms with Gasteiger partial charge in [-0.05, 0) is 44.6 Å². The van der Waals surface area contributed by atoms with Crippen LogP contribution in [0.15, 0.2) is 24.3 Å². The molecule has 0 aliphatic rings. The van der Waals surface area contributed by atoms with Crippen LogP contribution in [0.1, 0.15) is 219 Å². The number of aliphatic hydroxyl groups is 1. The van der Waals surface area contributed by atoms with Crippen molar-refractivity contribution in [3.05, 3.63) is 24.3 Å².